The van der Waals surface area contributed by atoms with E-state index in [1.807, 2.05) is 30.3 Å². The second-order valence-corrected chi connectivity index (χ2v) is 6.52. The number of rotatable bonds is 5. The molecule has 0 saturated carbocycles. The molecule has 2 aromatic carbocycles. The first-order valence-corrected chi connectivity index (χ1v) is 8.74. The van der Waals surface area contributed by atoms with E-state index in [0.29, 0.717) is 37.1 Å². The van der Waals surface area contributed by atoms with Gasteiger partial charge < -0.3 is 10.0 Å². The van der Waals surface area contributed by atoms with Crippen molar-refractivity contribution in [1.82, 2.24) is 4.90 Å². The van der Waals surface area contributed by atoms with Crippen LogP contribution in [0.4, 0.5) is 0 Å². The molecule has 2 aromatic rings. The molecular weight excluding hydrogens is 330 g/mol. The molecule has 26 heavy (non-hydrogen) atoms. The lowest BCUT2D eigenvalue weighted by Gasteiger charge is -2.31. The van der Waals surface area contributed by atoms with E-state index in [9.17, 15) is 19.5 Å². The smallest absolute Gasteiger partial charge is 0.335 e. The number of carbonyl (C=O) groups is 3. The van der Waals surface area contributed by atoms with Crippen LogP contribution in [0.15, 0.2) is 54.6 Å². The van der Waals surface area contributed by atoms with E-state index < -0.39 is 5.97 Å². The average Bonchev–Trinajstić information content (AvgIpc) is 2.68. The third kappa shape index (κ3) is 3.99. The lowest BCUT2D eigenvalue weighted by Crippen LogP contribution is -2.41. The lowest BCUT2D eigenvalue weighted by atomic mass is 9.88. The van der Waals surface area contributed by atoms with Crippen LogP contribution in [0, 0.1) is 5.92 Å². The molecule has 0 aromatic heterocycles. The minimum atomic E-state index is -1.03. The number of carboxylic acid groups (broad SMARTS) is 1. The Bertz CT molecular complexity index is 808. The summed E-state index contributed by atoms with van der Waals surface area (Å²) in [5.41, 5.74) is 1.40. The molecule has 1 amide bonds. The van der Waals surface area contributed by atoms with Crippen molar-refractivity contribution < 1.29 is 19.5 Å². The van der Waals surface area contributed by atoms with Crippen LogP contribution < -0.4 is 0 Å². The number of ketones is 1. The first-order chi connectivity index (χ1) is 12.6. The summed E-state index contributed by atoms with van der Waals surface area (Å²) in [7, 11) is 0. The van der Waals surface area contributed by atoms with Crippen LogP contribution in [0.2, 0.25) is 0 Å². The summed E-state index contributed by atoms with van der Waals surface area (Å²) in [6, 6.07) is 15.8. The van der Waals surface area contributed by atoms with E-state index in [0.717, 1.165) is 0 Å². The molecule has 5 heteroatoms. The van der Waals surface area contributed by atoms with Gasteiger partial charge in [0.05, 0.1) is 12.0 Å². The summed E-state index contributed by atoms with van der Waals surface area (Å²) >= 11 is 0. The van der Waals surface area contributed by atoms with Crippen LogP contribution in [0.1, 0.15) is 39.1 Å². The van der Waals surface area contributed by atoms with Crippen LogP contribution in [0.3, 0.4) is 0 Å². The molecule has 0 aliphatic carbocycles. The van der Waals surface area contributed by atoms with E-state index in [1.54, 1.807) is 23.1 Å². The number of hydrogen-bond donors (Lipinski definition) is 1. The highest BCUT2D eigenvalue weighted by atomic mass is 16.4. The summed E-state index contributed by atoms with van der Waals surface area (Å²) in [4.78, 5) is 38.1. The third-order valence-corrected chi connectivity index (χ3v) is 4.87. The number of aromatic carboxylic acids is 1. The fourth-order valence-electron chi connectivity index (χ4n) is 3.39. The fourth-order valence-corrected chi connectivity index (χ4v) is 3.39. The number of Topliss-reactive ketones (excluding diaryl/α,β-unsaturated/α-hetero) is 1. The number of hydrogen-bond acceptors (Lipinski definition) is 3. The zero-order valence-electron chi connectivity index (χ0n) is 14.4. The van der Waals surface area contributed by atoms with Crippen LogP contribution in [0.25, 0.3) is 0 Å². The maximum Gasteiger partial charge on any atom is 0.335 e. The Morgan fingerprint density at radius 1 is 0.923 bits per heavy atom. The number of amides is 1. The number of piperidine rings is 1. The van der Waals surface area contributed by atoms with Crippen molar-refractivity contribution in [2.24, 2.45) is 5.92 Å². The zero-order chi connectivity index (χ0) is 18.5. The van der Waals surface area contributed by atoms with Gasteiger partial charge in [0.25, 0.3) is 0 Å². The molecule has 1 heterocycles. The molecule has 0 unspecified atom stereocenters. The fraction of sp³-hybridized carbons (Fsp3) is 0.286. The van der Waals surface area contributed by atoms with E-state index in [1.165, 1.54) is 6.07 Å². The van der Waals surface area contributed by atoms with Crippen LogP contribution >= 0.6 is 0 Å². The second-order valence-electron chi connectivity index (χ2n) is 6.52. The SMILES string of the molecule is O=C(O)c1ccccc1CC(=O)N1CCC(C(=O)c2ccccc2)CC1. The minimum absolute atomic E-state index is 0.0623. The highest BCUT2D eigenvalue weighted by Crippen LogP contribution is 2.22. The van der Waals surface area contributed by atoms with Gasteiger partial charge in [-0.25, -0.2) is 4.79 Å². The second kappa shape index (κ2) is 7.95. The van der Waals surface area contributed by atoms with E-state index >= 15 is 0 Å². The number of benzene rings is 2. The van der Waals surface area contributed by atoms with Gasteiger partial charge in [-0.3, -0.25) is 9.59 Å². The molecule has 3 rings (SSSR count). The standard InChI is InChI=1S/C21H21NO4/c23-19(14-17-8-4-5-9-18(17)21(25)26)22-12-10-16(11-13-22)20(24)15-6-2-1-3-7-15/h1-9,16H,10-14H2,(H,25,26). The Labute approximate surface area is 152 Å². The molecule has 0 atom stereocenters. The molecular formula is C21H21NO4. The topological polar surface area (TPSA) is 74.7 Å². The van der Waals surface area contributed by atoms with Crippen LogP contribution in [0.5, 0.6) is 0 Å². The van der Waals surface area contributed by atoms with Gasteiger partial charge in [0, 0.05) is 24.6 Å². The normalized spacial score (nSPS) is 14.8. The maximum absolute atomic E-state index is 12.5. The van der Waals surface area contributed by atoms with Gasteiger partial charge in [0.15, 0.2) is 5.78 Å². The Kier molecular flexibility index (Phi) is 5.46. The predicted molar refractivity (Wildman–Crippen MR) is 97.2 cm³/mol. The van der Waals surface area contributed by atoms with Gasteiger partial charge in [-0.05, 0) is 24.5 Å². The quantitative estimate of drug-likeness (QED) is 0.840. The summed E-state index contributed by atoms with van der Waals surface area (Å²) in [5, 5.41) is 9.23. The van der Waals surface area contributed by atoms with Gasteiger partial charge in [-0.1, -0.05) is 48.5 Å². The van der Waals surface area contributed by atoms with Crippen molar-refractivity contribution in [2.75, 3.05) is 13.1 Å². The van der Waals surface area contributed by atoms with Crippen molar-refractivity contribution in [3.05, 3.63) is 71.3 Å². The van der Waals surface area contributed by atoms with E-state index in [2.05, 4.69) is 0 Å². The molecule has 1 saturated heterocycles. The third-order valence-electron chi connectivity index (χ3n) is 4.87. The molecule has 1 N–H and O–H groups in total. The van der Waals surface area contributed by atoms with Crippen LogP contribution in [-0.2, 0) is 11.2 Å². The minimum Gasteiger partial charge on any atom is -0.478 e. The molecule has 1 aliphatic rings. The Morgan fingerprint density at radius 3 is 2.19 bits per heavy atom. The Balaban J connectivity index is 1.59. The van der Waals surface area contributed by atoms with Crippen molar-refractivity contribution in [1.29, 1.82) is 0 Å². The summed E-state index contributed by atoms with van der Waals surface area (Å²) in [6.45, 7) is 1.05. The van der Waals surface area contributed by atoms with Gasteiger partial charge in [-0.2, -0.15) is 0 Å². The molecule has 134 valence electrons. The summed E-state index contributed by atoms with van der Waals surface area (Å²) in [6.07, 6.45) is 1.35. The van der Waals surface area contributed by atoms with Crippen molar-refractivity contribution in [3.63, 3.8) is 0 Å². The largest absolute Gasteiger partial charge is 0.478 e. The highest BCUT2D eigenvalue weighted by molar-refractivity contribution is 5.98. The summed E-state index contributed by atoms with van der Waals surface area (Å²) < 4.78 is 0. The first kappa shape index (κ1) is 17.9. The average molecular weight is 351 g/mol. The number of carbonyl (C=O) groups excluding carboxylic acids is 2. The number of nitrogens with zero attached hydrogens (tertiary/aromatic N) is 1. The van der Waals surface area contributed by atoms with Crippen molar-refractivity contribution in [3.8, 4) is 0 Å². The lowest BCUT2D eigenvalue weighted by molar-refractivity contribution is -0.131. The summed E-state index contributed by atoms with van der Waals surface area (Å²) in [5.74, 6) is -1.05. The molecule has 1 fully saturated rings. The van der Waals surface area contributed by atoms with Gasteiger partial charge in [0.1, 0.15) is 0 Å². The van der Waals surface area contributed by atoms with Gasteiger partial charge >= 0.3 is 5.97 Å². The maximum atomic E-state index is 12.5. The molecule has 0 spiro atoms. The van der Waals surface area contributed by atoms with E-state index in [4.69, 9.17) is 0 Å². The Hall–Kier alpha value is -2.95. The van der Waals surface area contributed by atoms with Crippen LogP contribution in [-0.4, -0.2) is 40.8 Å². The van der Waals surface area contributed by atoms with E-state index in [-0.39, 0.29) is 29.6 Å². The van der Waals surface area contributed by atoms with Gasteiger partial charge in [-0.15, -0.1) is 0 Å². The number of carboxylic acids is 1. The monoisotopic (exact) mass is 351 g/mol. The molecule has 1 aliphatic heterocycles. The Morgan fingerprint density at radius 2 is 1.54 bits per heavy atom. The van der Waals surface area contributed by atoms with Crippen molar-refractivity contribution in [2.45, 2.75) is 19.3 Å². The first-order valence-electron chi connectivity index (χ1n) is 8.74. The van der Waals surface area contributed by atoms with Crippen molar-refractivity contribution >= 4 is 17.7 Å². The molecule has 0 bridgehead atoms. The number of likely N-dealkylation sites (tertiary alicyclic amines) is 1. The molecule has 0 radical (unpaired) electrons. The zero-order valence-corrected chi connectivity index (χ0v) is 14.4. The highest BCUT2D eigenvalue weighted by Gasteiger charge is 2.28. The molecule has 5 nitrogen and oxygen atoms in total. The van der Waals surface area contributed by atoms with Gasteiger partial charge in [0.2, 0.25) is 5.91 Å². The predicted octanol–water partition coefficient (Wildman–Crippen LogP) is 3.05.